The molecule has 2 heterocycles. The maximum absolute atomic E-state index is 11.9. The molecule has 1 amide bonds. The third-order valence-corrected chi connectivity index (χ3v) is 3.79. The number of nitrogens with one attached hydrogen (secondary N) is 1. The maximum Gasteiger partial charge on any atom is 0.238 e. The molecule has 2 aliphatic heterocycles. The second-order valence-corrected chi connectivity index (χ2v) is 4.90. The Kier molecular flexibility index (Phi) is 2.77. The number of hydrogen-bond acceptors (Lipinski definition) is 3. The van der Waals surface area contributed by atoms with E-state index in [4.69, 9.17) is 5.26 Å². The molecule has 1 aromatic rings. The van der Waals surface area contributed by atoms with Crippen LogP contribution in [0, 0.1) is 11.3 Å². The number of fused-ring (bicyclic) bond motifs is 1. The highest BCUT2D eigenvalue weighted by Crippen LogP contribution is 2.32. The molecule has 2 atom stereocenters. The Morgan fingerprint density at radius 2 is 2.28 bits per heavy atom. The molecule has 1 N–H and O–H groups in total. The van der Waals surface area contributed by atoms with Crippen molar-refractivity contribution in [3.63, 3.8) is 0 Å². The van der Waals surface area contributed by atoms with E-state index < -0.39 is 0 Å². The quantitative estimate of drug-likeness (QED) is 0.811. The molecule has 4 nitrogen and oxygen atoms in total. The van der Waals surface area contributed by atoms with Gasteiger partial charge in [-0.2, -0.15) is 5.26 Å². The first kappa shape index (κ1) is 11.2. The summed E-state index contributed by atoms with van der Waals surface area (Å²) in [5.74, 6) is 0.127. The average Bonchev–Trinajstić information content (AvgIpc) is 2.77. The molecule has 3 rings (SSSR count). The van der Waals surface area contributed by atoms with Crippen molar-refractivity contribution in [3.8, 4) is 6.07 Å². The molecule has 2 fully saturated rings. The Labute approximate surface area is 106 Å². The normalized spacial score (nSPS) is 27.4. The first-order valence-electron chi connectivity index (χ1n) is 6.36. The van der Waals surface area contributed by atoms with Gasteiger partial charge in [0.2, 0.25) is 5.91 Å². The van der Waals surface area contributed by atoms with Crippen LogP contribution >= 0.6 is 0 Å². The van der Waals surface area contributed by atoms with Gasteiger partial charge in [0.15, 0.2) is 0 Å². The third-order valence-electron chi connectivity index (χ3n) is 3.79. The molecule has 0 saturated carbocycles. The monoisotopic (exact) mass is 241 g/mol. The summed E-state index contributed by atoms with van der Waals surface area (Å²) in [6.07, 6.45) is 3.15. The van der Waals surface area contributed by atoms with E-state index in [1.165, 1.54) is 0 Å². The minimum Gasteiger partial charge on any atom is -0.335 e. The largest absolute Gasteiger partial charge is 0.335 e. The van der Waals surface area contributed by atoms with E-state index in [0.717, 1.165) is 31.4 Å². The van der Waals surface area contributed by atoms with Crippen LogP contribution in [0.25, 0.3) is 0 Å². The van der Waals surface area contributed by atoms with E-state index in [9.17, 15) is 4.79 Å². The summed E-state index contributed by atoms with van der Waals surface area (Å²) in [4.78, 5) is 14.2. The SMILES string of the molecule is N#Cc1cccc([C@@H]2NC(=O)[C@@H]3CCCCN32)c1. The zero-order chi connectivity index (χ0) is 12.5. The van der Waals surface area contributed by atoms with E-state index in [2.05, 4.69) is 16.3 Å². The van der Waals surface area contributed by atoms with Crippen LogP contribution in [-0.2, 0) is 4.79 Å². The second-order valence-electron chi connectivity index (χ2n) is 4.90. The zero-order valence-electron chi connectivity index (χ0n) is 10.1. The number of carbonyl (C=O) groups excluding carboxylic acids is 1. The lowest BCUT2D eigenvalue weighted by Crippen LogP contribution is -2.38. The van der Waals surface area contributed by atoms with Crippen LogP contribution in [0.1, 0.15) is 36.6 Å². The van der Waals surface area contributed by atoms with E-state index in [1.807, 2.05) is 18.2 Å². The number of nitriles is 1. The number of amides is 1. The van der Waals surface area contributed by atoms with Crippen LogP contribution in [0.15, 0.2) is 24.3 Å². The molecule has 0 bridgehead atoms. The average molecular weight is 241 g/mol. The summed E-state index contributed by atoms with van der Waals surface area (Å²) < 4.78 is 0. The highest BCUT2D eigenvalue weighted by Gasteiger charge is 2.41. The Morgan fingerprint density at radius 1 is 1.39 bits per heavy atom. The van der Waals surface area contributed by atoms with Crippen LogP contribution in [-0.4, -0.2) is 23.4 Å². The summed E-state index contributed by atoms with van der Waals surface area (Å²) >= 11 is 0. The fourth-order valence-electron chi connectivity index (χ4n) is 2.91. The third kappa shape index (κ3) is 1.77. The van der Waals surface area contributed by atoms with Gasteiger partial charge in [-0.15, -0.1) is 0 Å². The Bertz CT molecular complexity index is 520. The van der Waals surface area contributed by atoms with Crippen LogP contribution in [0.5, 0.6) is 0 Å². The van der Waals surface area contributed by atoms with Gasteiger partial charge in [-0.3, -0.25) is 9.69 Å². The Balaban J connectivity index is 1.92. The van der Waals surface area contributed by atoms with Crippen molar-refractivity contribution in [2.75, 3.05) is 6.54 Å². The van der Waals surface area contributed by atoms with Gasteiger partial charge in [-0.25, -0.2) is 0 Å². The van der Waals surface area contributed by atoms with Crippen molar-refractivity contribution in [2.24, 2.45) is 0 Å². The molecular formula is C14H15N3O. The molecule has 0 aromatic heterocycles. The summed E-state index contributed by atoms with van der Waals surface area (Å²) in [6.45, 7) is 0.949. The highest BCUT2D eigenvalue weighted by molar-refractivity contribution is 5.84. The van der Waals surface area contributed by atoms with Crippen LogP contribution in [0.3, 0.4) is 0 Å². The van der Waals surface area contributed by atoms with E-state index >= 15 is 0 Å². The minimum atomic E-state index is -0.0592. The minimum absolute atomic E-state index is 0.0227. The predicted octanol–water partition coefficient (Wildman–Crippen LogP) is 1.54. The standard InChI is InChI=1S/C14H15N3O/c15-9-10-4-3-5-11(8-10)13-16-14(18)12-6-1-2-7-17(12)13/h3-5,8,12-13H,1-2,6-7H2,(H,16,18)/t12-,13+/m0/s1. The van der Waals surface area contributed by atoms with Crippen molar-refractivity contribution >= 4 is 5.91 Å². The topological polar surface area (TPSA) is 56.1 Å². The van der Waals surface area contributed by atoms with Gasteiger partial charge in [0.25, 0.3) is 0 Å². The molecule has 2 saturated heterocycles. The number of carbonyl (C=O) groups is 1. The Hall–Kier alpha value is -1.86. The number of benzene rings is 1. The lowest BCUT2D eigenvalue weighted by Gasteiger charge is -2.31. The number of hydrogen-bond donors (Lipinski definition) is 1. The van der Waals surface area contributed by atoms with E-state index in [0.29, 0.717) is 5.56 Å². The first-order valence-corrected chi connectivity index (χ1v) is 6.36. The van der Waals surface area contributed by atoms with Crippen molar-refractivity contribution in [1.82, 2.24) is 10.2 Å². The number of piperidine rings is 1. The van der Waals surface area contributed by atoms with E-state index in [-0.39, 0.29) is 18.1 Å². The molecule has 18 heavy (non-hydrogen) atoms. The number of nitrogens with zero attached hydrogens (tertiary/aromatic N) is 2. The lowest BCUT2D eigenvalue weighted by atomic mass is 10.0. The molecule has 0 aliphatic carbocycles. The van der Waals surface area contributed by atoms with Gasteiger partial charge in [0.1, 0.15) is 6.17 Å². The molecular weight excluding hydrogens is 226 g/mol. The summed E-state index contributed by atoms with van der Waals surface area (Å²) in [5.41, 5.74) is 1.65. The highest BCUT2D eigenvalue weighted by atomic mass is 16.2. The van der Waals surface area contributed by atoms with Crippen molar-refractivity contribution in [1.29, 1.82) is 5.26 Å². The first-order chi connectivity index (χ1) is 8.79. The second kappa shape index (κ2) is 4.43. The van der Waals surface area contributed by atoms with Crippen LogP contribution < -0.4 is 5.32 Å². The number of rotatable bonds is 1. The molecule has 1 aromatic carbocycles. The van der Waals surface area contributed by atoms with Crippen LogP contribution in [0.4, 0.5) is 0 Å². The fraction of sp³-hybridized carbons (Fsp3) is 0.429. The molecule has 2 aliphatic rings. The summed E-state index contributed by atoms with van der Waals surface area (Å²) in [6, 6.07) is 9.66. The molecule has 0 unspecified atom stereocenters. The van der Waals surface area contributed by atoms with Gasteiger partial charge >= 0.3 is 0 Å². The fourth-order valence-corrected chi connectivity index (χ4v) is 2.91. The van der Waals surface area contributed by atoms with Gasteiger partial charge in [0.05, 0.1) is 17.7 Å². The van der Waals surface area contributed by atoms with E-state index in [1.54, 1.807) is 6.07 Å². The smallest absolute Gasteiger partial charge is 0.238 e. The van der Waals surface area contributed by atoms with Gasteiger partial charge in [-0.1, -0.05) is 18.6 Å². The molecule has 92 valence electrons. The van der Waals surface area contributed by atoms with Gasteiger partial charge in [-0.05, 0) is 30.5 Å². The Morgan fingerprint density at radius 3 is 3.11 bits per heavy atom. The summed E-state index contributed by atoms with van der Waals surface area (Å²) in [5, 5.41) is 12.0. The summed E-state index contributed by atoms with van der Waals surface area (Å²) in [7, 11) is 0. The van der Waals surface area contributed by atoms with Crippen molar-refractivity contribution < 1.29 is 4.79 Å². The van der Waals surface area contributed by atoms with Crippen molar-refractivity contribution in [3.05, 3.63) is 35.4 Å². The van der Waals surface area contributed by atoms with Crippen LogP contribution in [0.2, 0.25) is 0 Å². The van der Waals surface area contributed by atoms with Gasteiger partial charge < -0.3 is 5.32 Å². The van der Waals surface area contributed by atoms with Gasteiger partial charge in [0, 0.05) is 6.54 Å². The lowest BCUT2D eigenvalue weighted by molar-refractivity contribution is -0.122. The maximum atomic E-state index is 11.9. The molecule has 0 spiro atoms. The predicted molar refractivity (Wildman–Crippen MR) is 66.4 cm³/mol. The zero-order valence-corrected chi connectivity index (χ0v) is 10.1. The molecule has 0 radical (unpaired) electrons. The van der Waals surface area contributed by atoms with Crippen molar-refractivity contribution in [2.45, 2.75) is 31.5 Å². The molecule has 4 heteroatoms.